The summed E-state index contributed by atoms with van der Waals surface area (Å²) >= 11 is 0. The van der Waals surface area contributed by atoms with E-state index in [2.05, 4.69) is 25.7 Å². The standard InChI is InChI=1S/C25H29F3N6O2/c1-34(2)22-18-7-3-4-8-19(18)31-23(33-22)30-17-13-11-16(12-14-17)15-29-24(35)32-20-9-5-6-10-21(20)36-25(26,27)28/h3-10,16-17H,11-15H2,1-2H3,(H2,29,32,35)(H,30,31,33). The van der Waals surface area contributed by atoms with Crippen molar-refractivity contribution in [1.82, 2.24) is 15.3 Å². The van der Waals surface area contributed by atoms with Crippen LogP contribution in [-0.2, 0) is 0 Å². The van der Waals surface area contributed by atoms with Crippen molar-refractivity contribution < 1.29 is 22.7 Å². The van der Waals surface area contributed by atoms with Gasteiger partial charge in [0.2, 0.25) is 5.95 Å². The Morgan fingerprint density at radius 1 is 1.03 bits per heavy atom. The summed E-state index contributed by atoms with van der Waals surface area (Å²) in [7, 11) is 3.91. The fraction of sp³-hybridized carbons (Fsp3) is 0.400. The Morgan fingerprint density at radius 2 is 1.72 bits per heavy atom. The zero-order valence-electron chi connectivity index (χ0n) is 20.1. The highest BCUT2D eigenvalue weighted by Crippen LogP contribution is 2.30. The number of carbonyl (C=O) groups is 1. The second-order valence-corrected chi connectivity index (χ2v) is 9.02. The third-order valence-corrected chi connectivity index (χ3v) is 6.10. The number of para-hydroxylation sites is 3. The smallest absolute Gasteiger partial charge is 0.404 e. The highest BCUT2D eigenvalue weighted by Gasteiger charge is 2.32. The molecule has 3 aromatic rings. The van der Waals surface area contributed by atoms with E-state index in [1.807, 2.05) is 43.3 Å². The maximum absolute atomic E-state index is 12.6. The van der Waals surface area contributed by atoms with Gasteiger partial charge in [0.25, 0.3) is 0 Å². The number of aromatic nitrogens is 2. The van der Waals surface area contributed by atoms with Crippen molar-refractivity contribution in [2.45, 2.75) is 38.1 Å². The first-order chi connectivity index (χ1) is 17.2. The predicted molar refractivity (Wildman–Crippen MR) is 133 cm³/mol. The zero-order valence-corrected chi connectivity index (χ0v) is 20.1. The van der Waals surface area contributed by atoms with Gasteiger partial charge in [0.15, 0.2) is 5.75 Å². The minimum absolute atomic E-state index is 0.0484. The Hall–Kier alpha value is -3.76. The second kappa shape index (κ2) is 10.9. The lowest BCUT2D eigenvalue weighted by molar-refractivity contribution is -0.274. The number of ether oxygens (including phenoxy) is 1. The van der Waals surface area contributed by atoms with Crippen molar-refractivity contribution in [2.75, 3.05) is 36.2 Å². The minimum atomic E-state index is -4.84. The number of fused-ring (bicyclic) bond motifs is 1. The minimum Gasteiger partial charge on any atom is -0.404 e. The highest BCUT2D eigenvalue weighted by atomic mass is 19.4. The van der Waals surface area contributed by atoms with Crippen LogP contribution < -0.4 is 25.6 Å². The molecule has 0 spiro atoms. The van der Waals surface area contributed by atoms with Gasteiger partial charge in [-0.2, -0.15) is 4.98 Å². The number of carbonyl (C=O) groups excluding carboxylic acids is 1. The highest BCUT2D eigenvalue weighted by molar-refractivity contribution is 5.91. The van der Waals surface area contributed by atoms with Crippen molar-refractivity contribution in [3.05, 3.63) is 48.5 Å². The van der Waals surface area contributed by atoms with Crippen LogP contribution in [0, 0.1) is 5.92 Å². The largest absolute Gasteiger partial charge is 0.573 e. The number of nitrogens with zero attached hydrogens (tertiary/aromatic N) is 3. The van der Waals surface area contributed by atoms with Gasteiger partial charge in [0, 0.05) is 32.1 Å². The lowest BCUT2D eigenvalue weighted by Crippen LogP contribution is -2.36. The number of amides is 2. The monoisotopic (exact) mass is 502 g/mol. The number of hydrogen-bond donors (Lipinski definition) is 3. The van der Waals surface area contributed by atoms with Crippen LogP contribution in [0.1, 0.15) is 25.7 Å². The molecule has 1 aliphatic rings. The lowest BCUT2D eigenvalue weighted by atomic mass is 9.86. The van der Waals surface area contributed by atoms with E-state index in [9.17, 15) is 18.0 Å². The van der Waals surface area contributed by atoms with Gasteiger partial charge in [-0.1, -0.05) is 24.3 Å². The maximum atomic E-state index is 12.6. The normalized spacial score (nSPS) is 17.9. The number of urea groups is 1. The summed E-state index contributed by atoms with van der Waals surface area (Å²) < 4.78 is 41.7. The molecule has 4 rings (SSSR count). The topological polar surface area (TPSA) is 91.4 Å². The molecule has 0 bridgehead atoms. The van der Waals surface area contributed by atoms with Crippen molar-refractivity contribution in [3.8, 4) is 5.75 Å². The molecule has 0 radical (unpaired) electrons. The molecule has 1 aromatic heterocycles. The molecule has 0 atom stereocenters. The summed E-state index contributed by atoms with van der Waals surface area (Å²) in [5, 5.41) is 9.64. The molecule has 1 aliphatic carbocycles. The molecule has 11 heteroatoms. The van der Waals surface area contributed by atoms with Crippen LogP contribution in [0.3, 0.4) is 0 Å². The Labute approximate surface area is 207 Å². The Bertz CT molecular complexity index is 1200. The van der Waals surface area contributed by atoms with Crippen molar-refractivity contribution >= 4 is 34.4 Å². The van der Waals surface area contributed by atoms with E-state index >= 15 is 0 Å². The molecule has 1 heterocycles. The van der Waals surface area contributed by atoms with E-state index in [0.717, 1.165) is 48.5 Å². The fourth-order valence-corrected chi connectivity index (χ4v) is 4.35. The van der Waals surface area contributed by atoms with Crippen LogP contribution in [0.25, 0.3) is 10.9 Å². The summed E-state index contributed by atoms with van der Waals surface area (Å²) in [6.07, 6.45) is -1.28. The van der Waals surface area contributed by atoms with Crippen LogP contribution in [0.2, 0.25) is 0 Å². The van der Waals surface area contributed by atoms with Gasteiger partial charge in [-0.15, -0.1) is 13.2 Å². The van der Waals surface area contributed by atoms with Crippen LogP contribution in [-0.4, -0.2) is 49.0 Å². The summed E-state index contributed by atoms with van der Waals surface area (Å²) in [5.74, 6) is 1.26. The molecule has 0 saturated heterocycles. The van der Waals surface area contributed by atoms with Gasteiger partial charge in [-0.25, -0.2) is 9.78 Å². The Morgan fingerprint density at radius 3 is 2.44 bits per heavy atom. The predicted octanol–water partition coefficient (Wildman–Crippen LogP) is 5.39. The average molecular weight is 503 g/mol. The van der Waals surface area contributed by atoms with Crippen LogP contribution >= 0.6 is 0 Å². The molecule has 192 valence electrons. The molecule has 0 unspecified atom stereocenters. The summed E-state index contributed by atoms with van der Waals surface area (Å²) in [4.78, 5) is 23.6. The van der Waals surface area contributed by atoms with E-state index in [4.69, 9.17) is 4.98 Å². The molecule has 3 N–H and O–H groups in total. The molecule has 1 fully saturated rings. The number of hydrogen-bond acceptors (Lipinski definition) is 6. The molecule has 8 nitrogen and oxygen atoms in total. The van der Waals surface area contributed by atoms with E-state index < -0.39 is 18.1 Å². The van der Waals surface area contributed by atoms with Gasteiger partial charge in [-0.3, -0.25) is 0 Å². The van der Waals surface area contributed by atoms with Crippen molar-refractivity contribution in [2.24, 2.45) is 5.92 Å². The van der Waals surface area contributed by atoms with Crippen LogP contribution in [0.4, 0.5) is 35.4 Å². The third-order valence-electron chi connectivity index (χ3n) is 6.10. The summed E-state index contributed by atoms with van der Waals surface area (Å²) in [6, 6.07) is 13.0. The van der Waals surface area contributed by atoms with Gasteiger partial charge < -0.3 is 25.6 Å². The number of halogens is 3. The third kappa shape index (κ3) is 6.67. The van der Waals surface area contributed by atoms with E-state index in [0.29, 0.717) is 12.5 Å². The average Bonchev–Trinajstić information content (AvgIpc) is 2.83. The number of benzene rings is 2. The number of nitrogens with one attached hydrogen (secondary N) is 3. The van der Waals surface area contributed by atoms with Crippen molar-refractivity contribution in [1.29, 1.82) is 0 Å². The van der Waals surface area contributed by atoms with Gasteiger partial charge in [-0.05, 0) is 55.9 Å². The van der Waals surface area contributed by atoms with Gasteiger partial charge >= 0.3 is 12.4 Å². The molecule has 36 heavy (non-hydrogen) atoms. The molecular formula is C25H29F3N6O2. The van der Waals surface area contributed by atoms with Gasteiger partial charge in [0.05, 0.1) is 11.2 Å². The first-order valence-corrected chi connectivity index (χ1v) is 11.8. The first kappa shape index (κ1) is 25.3. The maximum Gasteiger partial charge on any atom is 0.573 e. The summed E-state index contributed by atoms with van der Waals surface area (Å²) in [6.45, 7) is 0.429. The van der Waals surface area contributed by atoms with Gasteiger partial charge in [0.1, 0.15) is 5.82 Å². The zero-order chi connectivity index (χ0) is 25.7. The molecule has 2 amide bonds. The second-order valence-electron chi connectivity index (χ2n) is 9.02. The van der Waals surface area contributed by atoms with E-state index in [1.165, 1.54) is 18.2 Å². The van der Waals surface area contributed by atoms with Crippen LogP contribution in [0.5, 0.6) is 5.75 Å². The Balaban J connectivity index is 1.27. The van der Waals surface area contributed by atoms with Crippen LogP contribution in [0.15, 0.2) is 48.5 Å². The molecule has 2 aromatic carbocycles. The van der Waals surface area contributed by atoms with E-state index in [1.54, 1.807) is 0 Å². The number of rotatable bonds is 7. The van der Waals surface area contributed by atoms with Crippen molar-refractivity contribution in [3.63, 3.8) is 0 Å². The quantitative estimate of drug-likeness (QED) is 0.402. The summed E-state index contributed by atoms with van der Waals surface area (Å²) in [5.41, 5.74) is 0.831. The first-order valence-electron chi connectivity index (χ1n) is 11.8. The number of alkyl halides is 3. The Kier molecular flexibility index (Phi) is 7.66. The SMILES string of the molecule is CN(C)c1nc(NC2CCC(CNC(=O)Nc3ccccc3OC(F)(F)F)CC2)nc2ccccc12. The molecular weight excluding hydrogens is 473 g/mol. The number of anilines is 3. The van der Waals surface area contributed by atoms with E-state index in [-0.39, 0.29) is 17.6 Å². The molecule has 1 saturated carbocycles. The molecule has 0 aliphatic heterocycles. The fourth-order valence-electron chi connectivity index (χ4n) is 4.35. The lowest BCUT2D eigenvalue weighted by Gasteiger charge is -2.29.